The first-order valence-electron chi connectivity index (χ1n) is 9.63. The normalized spacial score (nSPS) is 21.5. The van der Waals surface area contributed by atoms with E-state index in [1.165, 1.54) is 13.0 Å². The summed E-state index contributed by atoms with van der Waals surface area (Å²) in [6.45, 7) is 14.2. The monoisotopic (exact) mass is 475 g/mol. The van der Waals surface area contributed by atoms with Crippen LogP contribution < -0.4 is 5.32 Å². The first-order valence-corrected chi connectivity index (χ1v) is 9.63. The van der Waals surface area contributed by atoms with E-state index in [4.69, 9.17) is 0 Å². The summed E-state index contributed by atoms with van der Waals surface area (Å²) < 4.78 is 2.27. The molecular weight excluding hydrogens is 441 g/mol. The maximum atomic E-state index is 4.52. The zero-order chi connectivity index (χ0) is 17.8. The number of halogens is 1. The topological polar surface area (TPSA) is 61.6 Å². The number of aromatic nitrogens is 3. The van der Waals surface area contributed by atoms with E-state index in [2.05, 4.69) is 48.7 Å². The zero-order valence-electron chi connectivity index (χ0n) is 16.6. The number of fused-ring (bicyclic) bond motifs is 1. The molecule has 26 heavy (non-hydrogen) atoms. The number of rotatable bonds is 4. The Hall–Kier alpha value is -0.900. The van der Waals surface area contributed by atoms with Crippen LogP contribution >= 0.6 is 24.0 Å². The Bertz CT molecular complexity index is 590. The molecule has 8 heteroatoms. The molecule has 0 bridgehead atoms. The fraction of sp³-hybridized carbons (Fsp3) is 0.833. The summed E-state index contributed by atoms with van der Waals surface area (Å²) in [7, 11) is 1.89. The Balaban J connectivity index is 0.00000243. The highest BCUT2D eigenvalue weighted by Crippen LogP contribution is 2.19. The molecule has 2 aliphatic heterocycles. The summed E-state index contributed by atoms with van der Waals surface area (Å²) in [5.41, 5.74) is 0. The lowest BCUT2D eigenvalue weighted by molar-refractivity contribution is 0.163. The molecule has 0 spiro atoms. The van der Waals surface area contributed by atoms with Gasteiger partial charge < -0.3 is 14.8 Å². The number of aliphatic imine (C=N–C) groups is 1. The van der Waals surface area contributed by atoms with Crippen molar-refractivity contribution in [2.24, 2.45) is 16.8 Å². The van der Waals surface area contributed by atoms with Gasteiger partial charge in [0.15, 0.2) is 5.96 Å². The number of piperazine rings is 1. The molecule has 1 saturated heterocycles. The molecule has 1 unspecified atom stereocenters. The van der Waals surface area contributed by atoms with Crippen molar-refractivity contribution in [2.45, 2.75) is 40.2 Å². The fourth-order valence-electron chi connectivity index (χ4n) is 3.92. The highest BCUT2D eigenvalue weighted by Gasteiger charge is 2.23. The number of guanidine groups is 1. The van der Waals surface area contributed by atoms with Crippen LogP contribution in [0.1, 0.15) is 31.9 Å². The third-order valence-electron chi connectivity index (χ3n) is 5.29. The number of nitrogens with one attached hydrogen (secondary N) is 1. The average Bonchev–Trinajstić information content (AvgIpc) is 2.97. The predicted octanol–water partition coefficient (Wildman–Crippen LogP) is 1.62. The van der Waals surface area contributed by atoms with Gasteiger partial charge in [-0.1, -0.05) is 13.8 Å². The second kappa shape index (κ2) is 9.87. The van der Waals surface area contributed by atoms with Crippen LogP contribution in [0.25, 0.3) is 0 Å². The van der Waals surface area contributed by atoms with E-state index < -0.39 is 0 Å². The summed E-state index contributed by atoms with van der Waals surface area (Å²) in [6.07, 6.45) is 2.20. The minimum atomic E-state index is 0. The van der Waals surface area contributed by atoms with E-state index in [0.717, 1.165) is 69.2 Å². The van der Waals surface area contributed by atoms with Crippen molar-refractivity contribution in [3.8, 4) is 0 Å². The second-order valence-electron chi connectivity index (χ2n) is 7.79. The standard InChI is InChI=1S/C18H33N7.HI/c1-14(2)12-23-7-9-24(10-8-23)18(19-4)20-11-16-5-6-17-22-21-15(3)25(17)13-16;/h14,16H,5-13H2,1-4H3,(H,19,20);1H. The van der Waals surface area contributed by atoms with Gasteiger partial charge in [-0.2, -0.15) is 0 Å². The Morgan fingerprint density at radius 3 is 2.62 bits per heavy atom. The maximum Gasteiger partial charge on any atom is 0.193 e. The SMILES string of the molecule is CN=C(NCC1CCc2nnc(C)n2C1)N1CCN(CC(C)C)CC1.I. The van der Waals surface area contributed by atoms with Gasteiger partial charge in [-0.25, -0.2) is 0 Å². The van der Waals surface area contributed by atoms with Gasteiger partial charge in [-0.3, -0.25) is 9.89 Å². The van der Waals surface area contributed by atoms with Crippen LogP contribution in [0.2, 0.25) is 0 Å². The average molecular weight is 475 g/mol. The van der Waals surface area contributed by atoms with Crippen molar-refractivity contribution in [3.63, 3.8) is 0 Å². The lowest BCUT2D eigenvalue weighted by Crippen LogP contribution is -2.53. The lowest BCUT2D eigenvalue weighted by Gasteiger charge is -2.37. The highest BCUT2D eigenvalue weighted by molar-refractivity contribution is 14.0. The molecule has 1 aromatic heterocycles. The lowest BCUT2D eigenvalue weighted by atomic mass is 9.99. The molecule has 3 rings (SSSR count). The largest absolute Gasteiger partial charge is 0.356 e. The molecule has 148 valence electrons. The first-order chi connectivity index (χ1) is 12.1. The van der Waals surface area contributed by atoms with E-state index in [-0.39, 0.29) is 24.0 Å². The van der Waals surface area contributed by atoms with Gasteiger partial charge in [0.05, 0.1) is 0 Å². The Morgan fingerprint density at radius 2 is 1.96 bits per heavy atom. The van der Waals surface area contributed by atoms with Crippen LogP contribution in [0.4, 0.5) is 0 Å². The van der Waals surface area contributed by atoms with E-state index >= 15 is 0 Å². The van der Waals surface area contributed by atoms with E-state index in [1.54, 1.807) is 0 Å². The molecule has 0 aromatic carbocycles. The van der Waals surface area contributed by atoms with Crippen LogP contribution in [0, 0.1) is 18.8 Å². The van der Waals surface area contributed by atoms with Gasteiger partial charge >= 0.3 is 0 Å². The summed E-state index contributed by atoms with van der Waals surface area (Å²) in [5, 5.41) is 12.1. The smallest absolute Gasteiger partial charge is 0.193 e. The number of hydrogen-bond acceptors (Lipinski definition) is 4. The van der Waals surface area contributed by atoms with Gasteiger partial charge in [0.2, 0.25) is 0 Å². The Morgan fingerprint density at radius 1 is 1.23 bits per heavy atom. The van der Waals surface area contributed by atoms with Crippen molar-refractivity contribution in [3.05, 3.63) is 11.6 Å². The minimum Gasteiger partial charge on any atom is -0.356 e. The molecule has 1 atom stereocenters. The molecule has 1 aromatic rings. The summed E-state index contributed by atoms with van der Waals surface area (Å²) in [4.78, 5) is 9.47. The van der Waals surface area contributed by atoms with E-state index in [1.807, 2.05) is 14.0 Å². The van der Waals surface area contributed by atoms with Crippen LogP contribution in [-0.2, 0) is 13.0 Å². The van der Waals surface area contributed by atoms with Gasteiger partial charge in [-0.15, -0.1) is 34.2 Å². The van der Waals surface area contributed by atoms with Crippen LogP contribution in [0.3, 0.4) is 0 Å². The molecule has 1 fully saturated rings. The van der Waals surface area contributed by atoms with Gasteiger partial charge in [0.25, 0.3) is 0 Å². The number of hydrogen-bond donors (Lipinski definition) is 1. The highest BCUT2D eigenvalue weighted by atomic mass is 127. The van der Waals surface area contributed by atoms with E-state index in [0.29, 0.717) is 5.92 Å². The van der Waals surface area contributed by atoms with Crippen LogP contribution in [0.5, 0.6) is 0 Å². The fourth-order valence-corrected chi connectivity index (χ4v) is 3.92. The minimum absolute atomic E-state index is 0. The molecular formula is C18H34IN7. The van der Waals surface area contributed by atoms with Crippen molar-refractivity contribution in [1.82, 2.24) is 29.9 Å². The van der Waals surface area contributed by atoms with Crippen LogP contribution in [-0.4, -0.2) is 76.8 Å². The number of aryl methyl sites for hydroxylation is 2. The summed E-state index contributed by atoms with van der Waals surface area (Å²) in [6, 6.07) is 0. The molecule has 0 amide bonds. The van der Waals surface area contributed by atoms with Gasteiger partial charge in [0, 0.05) is 59.3 Å². The molecule has 2 aliphatic rings. The molecule has 0 aliphatic carbocycles. The zero-order valence-corrected chi connectivity index (χ0v) is 18.9. The Labute approximate surface area is 174 Å². The molecule has 3 heterocycles. The van der Waals surface area contributed by atoms with Crippen LogP contribution in [0.15, 0.2) is 4.99 Å². The summed E-state index contributed by atoms with van der Waals surface area (Å²) in [5.74, 6) is 4.57. The molecule has 0 radical (unpaired) electrons. The molecule has 0 saturated carbocycles. The first kappa shape index (κ1) is 21.4. The van der Waals surface area contributed by atoms with Crippen molar-refractivity contribution < 1.29 is 0 Å². The maximum absolute atomic E-state index is 4.52. The third-order valence-corrected chi connectivity index (χ3v) is 5.29. The second-order valence-corrected chi connectivity index (χ2v) is 7.79. The van der Waals surface area contributed by atoms with Crippen molar-refractivity contribution in [2.75, 3.05) is 46.3 Å². The van der Waals surface area contributed by atoms with Gasteiger partial charge in [0.1, 0.15) is 11.6 Å². The van der Waals surface area contributed by atoms with Crippen molar-refractivity contribution in [1.29, 1.82) is 0 Å². The molecule has 7 nitrogen and oxygen atoms in total. The molecule has 1 N–H and O–H groups in total. The van der Waals surface area contributed by atoms with E-state index in [9.17, 15) is 0 Å². The third kappa shape index (κ3) is 5.31. The quantitative estimate of drug-likeness (QED) is 0.408. The summed E-state index contributed by atoms with van der Waals surface area (Å²) >= 11 is 0. The van der Waals surface area contributed by atoms with Gasteiger partial charge in [-0.05, 0) is 25.2 Å². The van der Waals surface area contributed by atoms with Crippen molar-refractivity contribution >= 4 is 29.9 Å². The predicted molar refractivity (Wildman–Crippen MR) is 116 cm³/mol. The Kier molecular flexibility index (Phi) is 8.12. The number of nitrogens with zero attached hydrogens (tertiary/aromatic N) is 6.